The van der Waals surface area contributed by atoms with Crippen molar-refractivity contribution >= 4 is 36.5 Å². The van der Waals surface area contributed by atoms with E-state index in [1.165, 1.54) is 0 Å². The Morgan fingerprint density at radius 3 is 2.22 bits per heavy atom. The first-order valence-electron chi connectivity index (χ1n) is 7.77. The number of halogens is 2. The van der Waals surface area contributed by atoms with E-state index in [0.717, 1.165) is 25.2 Å². The van der Waals surface area contributed by atoms with Crippen LogP contribution in [0.15, 0.2) is 45.3 Å². The van der Waals surface area contributed by atoms with Crippen molar-refractivity contribution < 1.29 is 9.05 Å². The average Bonchev–Trinajstić information content (AvgIpc) is 2.54. The van der Waals surface area contributed by atoms with E-state index in [9.17, 15) is 0 Å². The fourth-order valence-electron chi connectivity index (χ4n) is 1.92. The Kier molecular flexibility index (Phi) is 9.26. The second-order valence-corrected chi connectivity index (χ2v) is 7.94. The molecule has 0 spiro atoms. The van der Waals surface area contributed by atoms with Crippen LogP contribution in [0.1, 0.15) is 34.1 Å². The van der Waals surface area contributed by atoms with Gasteiger partial charge in [-0.05, 0) is 25.5 Å². The van der Waals surface area contributed by atoms with Crippen molar-refractivity contribution in [2.75, 3.05) is 19.7 Å². The Bertz CT molecular complexity index is 556. The number of hydrogen-bond acceptors (Lipinski definition) is 3. The van der Waals surface area contributed by atoms with Crippen molar-refractivity contribution in [1.82, 2.24) is 4.67 Å². The van der Waals surface area contributed by atoms with Crippen molar-refractivity contribution in [3.05, 3.63) is 40.6 Å². The highest BCUT2D eigenvalue weighted by molar-refractivity contribution is 7.54. The predicted molar refractivity (Wildman–Crippen MR) is 100 cm³/mol. The molecule has 1 unspecified atom stereocenters. The van der Waals surface area contributed by atoms with Gasteiger partial charge in [0, 0.05) is 13.1 Å². The van der Waals surface area contributed by atoms with Gasteiger partial charge in [0.05, 0.1) is 12.3 Å². The third-order valence-electron chi connectivity index (χ3n) is 3.07. The lowest BCUT2D eigenvalue weighted by atomic mass is 10.3. The van der Waals surface area contributed by atoms with Crippen LogP contribution in [0, 0.1) is 0 Å². The van der Waals surface area contributed by atoms with Crippen LogP contribution < -0.4 is 0 Å². The van der Waals surface area contributed by atoms with Crippen LogP contribution in [-0.4, -0.2) is 24.4 Å². The molecule has 130 valence electrons. The predicted octanol–water partition coefficient (Wildman–Crippen LogP) is 6.72. The van der Waals surface area contributed by atoms with Gasteiger partial charge in [-0.2, -0.15) is 4.74 Å². The molecule has 1 atom stereocenters. The summed E-state index contributed by atoms with van der Waals surface area (Å²) in [4.78, 5) is 0. The highest BCUT2D eigenvalue weighted by Crippen LogP contribution is 2.59. The van der Waals surface area contributed by atoms with Crippen LogP contribution >= 0.6 is 30.9 Å². The Morgan fingerprint density at radius 2 is 1.74 bits per heavy atom. The number of allylic oxidation sites excluding steroid dienone is 1. The zero-order valence-electron chi connectivity index (χ0n) is 14.1. The largest absolute Gasteiger partial charge is 0.429 e. The number of rotatable bonds is 9. The highest BCUT2D eigenvalue weighted by atomic mass is 35.5. The molecule has 1 aromatic rings. The quantitative estimate of drug-likeness (QED) is 0.353. The van der Waals surface area contributed by atoms with E-state index in [-0.39, 0.29) is 4.49 Å². The van der Waals surface area contributed by atoms with Crippen molar-refractivity contribution in [3.63, 3.8) is 0 Å². The lowest BCUT2D eigenvalue weighted by Crippen LogP contribution is -2.23. The summed E-state index contributed by atoms with van der Waals surface area (Å²) in [7, 11) is -2.72. The van der Waals surface area contributed by atoms with Gasteiger partial charge in [-0.1, -0.05) is 62.2 Å². The van der Waals surface area contributed by atoms with E-state index >= 15 is 0 Å². The fraction of sp³-hybridized carbons (Fsp3) is 0.500. The normalized spacial score (nSPS) is 13.5. The van der Waals surface area contributed by atoms with Crippen LogP contribution in [0.4, 0.5) is 5.69 Å². The van der Waals surface area contributed by atoms with Gasteiger partial charge in [0.1, 0.15) is 10.3 Å². The molecule has 0 saturated carbocycles. The maximum absolute atomic E-state index is 6.14. The summed E-state index contributed by atoms with van der Waals surface area (Å²) >= 11 is 11.8. The summed E-state index contributed by atoms with van der Waals surface area (Å²) < 4.78 is 19.3. The van der Waals surface area contributed by atoms with Crippen molar-refractivity contribution in [2.24, 2.45) is 4.74 Å². The zero-order valence-corrected chi connectivity index (χ0v) is 16.5. The van der Waals surface area contributed by atoms with Gasteiger partial charge in [-0.15, -0.1) is 0 Å². The second kappa shape index (κ2) is 10.4. The molecule has 0 heterocycles. The summed E-state index contributed by atoms with van der Waals surface area (Å²) in [6, 6.07) is 9.68. The van der Waals surface area contributed by atoms with E-state index in [1.807, 2.05) is 30.3 Å². The van der Waals surface area contributed by atoms with Crippen LogP contribution in [0.2, 0.25) is 0 Å². The van der Waals surface area contributed by atoms with Gasteiger partial charge >= 0.3 is 7.66 Å². The summed E-state index contributed by atoms with van der Waals surface area (Å²) in [5.41, 5.74) is 0.808. The second-order valence-electron chi connectivity index (χ2n) is 4.81. The third-order valence-corrected chi connectivity index (χ3v) is 6.40. The third kappa shape index (κ3) is 6.13. The smallest absolute Gasteiger partial charge is 0.348 e. The average molecular weight is 379 g/mol. The van der Waals surface area contributed by atoms with Crippen molar-refractivity contribution in [1.29, 1.82) is 0 Å². The SMILES string of the molecule is CCCOP(=Nc1ccccc1)(OC(C)=C(Cl)Cl)N(CC)CC. The van der Waals surface area contributed by atoms with Gasteiger partial charge in [0.25, 0.3) is 0 Å². The summed E-state index contributed by atoms with van der Waals surface area (Å²) in [6.45, 7) is 9.93. The lowest BCUT2D eigenvalue weighted by molar-refractivity contribution is 0.229. The van der Waals surface area contributed by atoms with Crippen LogP contribution in [0.3, 0.4) is 0 Å². The first-order chi connectivity index (χ1) is 11.0. The molecule has 0 aliphatic heterocycles. The van der Waals surface area contributed by atoms with E-state index in [4.69, 9.17) is 37.0 Å². The minimum atomic E-state index is -2.72. The molecular weight excluding hydrogens is 354 g/mol. The van der Waals surface area contributed by atoms with E-state index in [1.54, 1.807) is 6.92 Å². The Labute approximate surface area is 149 Å². The standard InChI is InChI=1S/C16H25Cl2N2O2P/c1-5-13-21-23(20(6-2)7-3,22-14(4)16(17)18)19-15-11-9-8-10-12-15/h8-12H,5-7,13H2,1-4H3. The monoisotopic (exact) mass is 378 g/mol. The first kappa shape index (κ1) is 20.5. The molecule has 0 radical (unpaired) electrons. The van der Waals surface area contributed by atoms with Gasteiger partial charge in [0.2, 0.25) is 0 Å². The van der Waals surface area contributed by atoms with Gasteiger partial charge in [-0.3, -0.25) is 0 Å². The maximum atomic E-state index is 6.14. The number of hydrogen-bond donors (Lipinski definition) is 0. The minimum absolute atomic E-state index is 0.0879. The molecule has 7 heteroatoms. The molecule has 0 N–H and O–H groups in total. The zero-order chi connectivity index (χ0) is 17.3. The molecule has 23 heavy (non-hydrogen) atoms. The van der Waals surface area contributed by atoms with Crippen molar-refractivity contribution in [2.45, 2.75) is 34.1 Å². The summed E-state index contributed by atoms with van der Waals surface area (Å²) in [5.74, 6) is 0.421. The summed E-state index contributed by atoms with van der Waals surface area (Å²) in [5, 5.41) is 0. The van der Waals surface area contributed by atoms with E-state index in [2.05, 4.69) is 25.4 Å². The van der Waals surface area contributed by atoms with Gasteiger partial charge in [-0.25, -0.2) is 4.67 Å². The molecule has 0 aromatic heterocycles. The van der Waals surface area contributed by atoms with Gasteiger partial charge in [0.15, 0.2) is 0 Å². The minimum Gasteiger partial charge on any atom is -0.429 e. The van der Waals surface area contributed by atoms with E-state index in [0.29, 0.717) is 12.4 Å². The molecule has 0 fully saturated rings. The number of nitrogens with zero attached hydrogens (tertiary/aromatic N) is 2. The maximum Gasteiger partial charge on any atom is 0.348 e. The summed E-state index contributed by atoms with van der Waals surface area (Å²) in [6.07, 6.45) is 0.869. The molecule has 0 saturated heterocycles. The Hall–Kier alpha value is -0.510. The van der Waals surface area contributed by atoms with Gasteiger partial charge < -0.3 is 9.05 Å². The molecule has 4 nitrogen and oxygen atoms in total. The lowest BCUT2D eigenvalue weighted by Gasteiger charge is -2.33. The molecule has 0 amide bonds. The number of benzene rings is 1. The van der Waals surface area contributed by atoms with E-state index < -0.39 is 7.66 Å². The topological polar surface area (TPSA) is 34.1 Å². The fourth-order valence-corrected chi connectivity index (χ4v) is 4.67. The molecule has 0 aliphatic carbocycles. The molecular formula is C16H25Cl2N2O2P. The molecule has 1 rings (SSSR count). The van der Waals surface area contributed by atoms with Crippen LogP contribution in [-0.2, 0) is 9.05 Å². The van der Waals surface area contributed by atoms with Crippen LogP contribution in [0.25, 0.3) is 0 Å². The Morgan fingerprint density at radius 1 is 1.13 bits per heavy atom. The Balaban J connectivity index is 3.44. The molecule has 0 aliphatic rings. The molecule has 0 bridgehead atoms. The van der Waals surface area contributed by atoms with Crippen LogP contribution in [0.5, 0.6) is 0 Å². The molecule has 1 aromatic carbocycles. The first-order valence-corrected chi connectivity index (χ1v) is 10.1. The van der Waals surface area contributed by atoms with Crippen molar-refractivity contribution in [3.8, 4) is 0 Å². The highest BCUT2D eigenvalue weighted by Gasteiger charge is 2.31.